The van der Waals surface area contributed by atoms with Gasteiger partial charge >= 0.3 is 5.97 Å². The molecule has 1 atom stereocenters. The van der Waals surface area contributed by atoms with Crippen LogP contribution in [0.4, 0.5) is 5.69 Å². The number of aliphatic carboxylic acids is 1. The van der Waals surface area contributed by atoms with Crippen molar-refractivity contribution in [3.8, 4) is 11.5 Å². The van der Waals surface area contributed by atoms with Crippen LogP contribution in [0.2, 0.25) is 0 Å². The Morgan fingerprint density at radius 2 is 1.96 bits per heavy atom. The van der Waals surface area contributed by atoms with Crippen molar-refractivity contribution in [1.29, 1.82) is 0 Å². The van der Waals surface area contributed by atoms with E-state index in [4.69, 9.17) is 15.3 Å². The lowest BCUT2D eigenvalue weighted by Crippen LogP contribution is -2.32. The Morgan fingerprint density at radius 3 is 2.58 bits per heavy atom. The van der Waals surface area contributed by atoms with Crippen molar-refractivity contribution >= 4 is 22.8 Å². The molecule has 3 aromatic rings. The second kappa shape index (κ2) is 6.33. The lowest BCUT2D eigenvalue weighted by molar-refractivity contribution is -0.138. The Balaban J connectivity index is 1.89. The van der Waals surface area contributed by atoms with Crippen molar-refractivity contribution in [2.24, 2.45) is 5.73 Å². The summed E-state index contributed by atoms with van der Waals surface area (Å²) in [4.78, 5) is 17.4. The van der Waals surface area contributed by atoms with Crippen LogP contribution in [0.15, 0.2) is 46.9 Å². The summed E-state index contributed by atoms with van der Waals surface area (Å²) in [5, 5.41) is 8.91. The summed E-state index contributed by atoms with van der Waals surface area (Å²) in [5.41, 5.74) is 9.74. The molecule has 6 heteroatoms. The molecule has 3 rings (SSSR count). The summed E-state index contributed by atoms with van der Waals surface area (Å²) < 4.78 is 5.79. The van der Waals surface area contributed by atoms with E-state index in [1.165, 1.54) is 0 Å². The van der Waals surface area contributed by atoms with E-state index in [2.05, 4.69) is 4.98 Å². The molecule has 0 saturated heterocycles. The summed E-state index contributed by atoms with van der Waals surface area (Å²) in [6.45, 7) is 0. The first-order chi connectivity index (χ1) is 11.4. The van der Waals surface area contributed by atoms with E-state index in [-0.39, 0.29) is 6.42 Å². The van der Waals surface area contributed by atoms with Crippen molar-refractivity contribution in [2.45, 2.75) is 12.5 Å². The van der Waals surface area contributed by atoms with Gasteiger partial charge in [-0.1, -0.05) is 6.07 Å². The summed E-state index contributed by atoms with van der Waals surface area (Å²) in [6.07, 6.45) is 0.255. The van der Waals surface area contributed by atoms with E-state index >= 15 is 0 Å². The van der Waals surface area contributed by atoms with Crippen LogP contribution in [0.1, 0.15) is 5.56 Å². The first-order valence-corrected chi connectivity index (χ1v) is 7.59. The summed E-state index contributed by atoms with van der Waals surface area (Å²) in [6, 6.07) is 12.4. The van der Waals surface area contributed by atoms with Gasteiger partial charge in [0, 0.05) is 25.3 Å². The van der Waals surface area contributed by atoms with Gasteiger partial charge in [0.1, 0.15) is 11.6 Å². The third-order valence-electron chi connectivity index (χ3n) is 3.86. The molecule has 0 bridgehead atoms. The number of benzene rings is 2. The minimum absolute atomic E-state index is 0.255. The van der Waals surface area contributed by atoms with Gasteiger partial charge in [0.05, 0.1) is 0 Å². The molecule has 0 radical (unpaired) electrons. The number of carbonyl (C=O) groups is 1. The van der Waals surface area contributed by atoms with Crippen LogP contribution in [0.3, 0.4) is 0 Å². The second-order valence-electron chi connectivity index (χ2n) is 5.91. The normalized spacial score (nSPS) is 12.3. The molecule has 0 saturated carbocycles. The Morgan fingerprint density at radius 1 is 1.25 bits per heavy atom. The molecule has 1 heterocycles. The van der Waals surface area contributed by atoms with Crippen LogP contribution in [0.25, 0.3) is 22.6 Å². The van der Waals surface area contributed by atoms with Crippen LogP contribution in [-0.2, 0) is 11.2 Å². The second-order valence-corrected chi connectivity index (χ2v) is 5.91. The van der Waals surface area contributed by atoms with Crippen molar-refractivity contribution in [3.63, 3.8) is 0 Å². The highest BCUT2D eigenvalue weighted by atomic mass is 16.4. The molecule has 24 heavy (non-hydrogen) atoms. The predicted octanol–water partition coefficient (Wildman–Crippen LogP) is 2.52. The van der Waals surface area contributed by atoms with Crippen LogP contribution < -0.4 is 10.6 Å². The summed E-state index contributed by atoms with van der Waals surface area (Å²) in [5.74, 6) is -0.480. The molecule has 2 aromatic carbocycles. The minimum atomic E-state index is -1.02. The number of rotatable bonds is 5. The number of hydrogen-bond acceptors (Lipinski definition) is 5. The molecule has 0 aliphatic carbocycles. The van der Waals surface area contributed by atoms with E-state index in [0.29, 0.717) is 17.0 Å². The van der Waals surface area contributed by atoms with Gasteiger partial charge in [-0.05, 0) is 48.4 Å². The molecule has 6 nitrogen and oxygen atoms in total. The molecular weight excluding hydrogens is 306 g/mol. The largest absolute Gasteiger partial charge is 0.480 e. The summed E-state index contributed by atoms with van der Waals surface area (Å²) in [7, 11) is 3.97. The van der Waals surface area contributed by atoms with Gasteiger partial charge in [0.15, 0.2) is 5.58 Å². The zero-order chi connectivity index (χ0) is 17.3. The van der Waals surface area contributed by atoms with Crippen LogP contribution >= 0.6 is 0 Å². The number of carboxylic acid groups (broad SMARTS) is 1. The molecule has 3 N–H and O–H groups in total. The van der Waals surface area contributed by atoms with E-state index < -0.39 is 12.0 Å². The monoisotopic (exact) mass is 325 g/mol. The highest BCUT2D eigenvalue weighted by Gasteiger charge is 2.14. The molecule has 1 aromatic heterocycles. The third kappa shape index (κ3) is 3.23. The number of aromatic nitrogens is 1. The molecule has 0 amide bonds. The van der Waals surface area contributed by atoms with Gasteiger partial charge in [-0.3, -0.25) is 4.79 Å². The van der Waals surface area contributed by atoms with Crippen molar-refractivity contribution in [2.75, 3.05) is 19.0 Å². The average Bonchev–Trinajstić information content (AvgIpc) is 2.98. The van der Waals surface area contributed by atoms with E-state index in [1.54, 1.807) is 6.07 Å². The smallest absolute Gasteiger partial charge is 0.320 e. The van der Waals surface area contributed by atoms with Crippen molar-refractivity contribution in [1.82, 2.24) is 4.98 Å². The van der Waals surface area contributed by atoms with Crippen LogP contribution in [-0.4, -0.2) is 36.2 Å². The molecular formula is C18H19N3O3. The Hall–Kier alpha value is -2.86. The molecule has 0 fully saturated rings. The lowest BCUT2D eigenvalue weighted by Gasteiger charge is -2.11. The van der Waals surface area contributed by atoms with Crippen LogP contribution in [0.5, 0.6) is 0 Å². The lowest BCUT2D eigenvalue weighted by atomic mass is 10.1. The third-order valence-corrected chi connectivity index (χ3v) is 3.86. The number of oxazole rings is 1. The minimum Gasteiger partial charge on any atom is -0.480 e. The zero-order valence-corrected chi connectivity index (χ0v) is 13.6. The van der Waals surface area contributed by atoms with E-state index in [0.717, 1.165) is 16.8 Å². The maximum atomic E-state index is 10.9. The molecule has 0 aliphatic rings. The molecule has 0 spiro atoms. The quantitative estimate of drug-likeness (QED) is 0.749. The standard InChI is InChI=1S/C18H19N3O3/c1-21(2)13-6-4-12(5-7-13)17-20-15-10-11(3-8-16(15)24-17)9-14(19)18(22)23/h3-8,10,14H,9,19H2,1-2H3,(H,22,23)/t14-/m0/s1. The fourth-order valence-electron chi connectivity index (χ4n) is 2.47. The SMILES string of the molecule is CN(C)c1ccc(-c2nc3cc(C[C@H](N)C(=O)O)ccc3o2)cc1. The molecule has 0 unspecified atom stereocenters. The van der Waals surface area contributed by atoms with Gasteiger partial charge in [-0.2, -0.15) is 0 Å². The highest BCUT2D eigenvalue weighted by Crippen LogP contribution is 2.26. The Bertz CT molecular complexity index is 869. The maximum Gasteiger partial charge on any atom is 0.320 e. The average molecular weight is 325 g/mol. The van der Waals surface area contributed by atoms with Gasteiger partial charge in [0.25, 0.3) is 0 Å². The predicted molar refractivity (Wildman–Crippen MR) is 93.1 cm³/mol. The number of fused-ring (bicyclic) bond motifs is 1. The van der Waals surface area contributed by atoms with E-state index in [1.807, 2.05) is 55.4 Å². The van der Waals surface area contributed by atoms with Gasteiger partial charge in [0.2, 0.25) is 5.89 Å². The number of anilines is 1. The van der Waals surface area contributed by atoms with Crippen LogP contribution in [0, 0.1) is 0 Å². The fraction of sp³-hybridized carbons (Fsp3) is 0.222. The van der Waals surface area contributed by atoms with Crippen molar-refractivity contribution in [3.05, 3.63) is 48.0 Å². The molecule has 0 aliphatic heterocycles. The number of nitrogens with zero attached hydrogens (tertiary/aromatic N) is 2. The zero-order valence-electron chi connectivity index (χ0n) is 13.6. The van der Waals surface area contributed by atoms with Crippen molar-refractivity contribution < 1.29 is 14.3 Å². The number of carboxylic acids is 1. The first-order valence-electron chi connectivity index (χ1n) is 7.59. The molecule has 124 valence electrons. The number of nitrogens with two attached hydrogens (primary N) is 1. The first kappa shape index (κ1) is 16.0. The number of hydrogen-bond donors (Lipinski definition) is 2. The van der Waals surface area contributed by atoms with Gasteiger partial charge < -0.3 is 20.2 Å². The fourth-order valence-corrected chi connectivity index (χ4v) is 2.47. The van der Waals surface area contributed by atoms with Gasteiger partial charge in [-0.15, -0.1) is 0 Å². The maximum absolute atomic E-state index is 10.9. The highest BCUT2D eigenvalue weighted by molar-refractivity contribution is 5.78. The van der Waals surface area contributed by atoms with E-state index in [9.17, 15) is 4.79 Å². The Kier molecular flexibility index (Phi) is 4.22. The topological polar surface area (TPSA) is 92.6 Å². The van der Waals surface area contributed by atoms with Gasteiger partial charge in [-0.25, -0.2) is 4.98 Å². The Labute approximate surface area is 139 Å². The summed E-state index contributed by atoms with van der Waals surface area (Å²) >= 11 is 0.